The van der Waals surface area contributed by atoms with Crippen LogP contribution in [0.4, 0.5) is 0 Å². The smallest absolute Gasteiger partial charge is 0.0896 e. The average Bonchev–Trinajstić information content (AvgIpc) is 3.09. The predicted octanol–water partition coefficient (Wildman–Crippen LogP) is 1.64. The summed E-state index contributed by atoms with van der Waals surface area (Å²) in [6.07, 6.45) is 10.2. The zero-order valence-corrected chi connectivity index (χ0v) is 11.7. The van der Waals surface area contributed by atoms with Gasteiger partial charge in [0.2, 0.25) is 0 Å². The minimum atomic E-state index is 0.0609. The molecular formula is C14H18N6. The van der Waals surface area contributed by atoms with Crippen molar-refractivity contribution in [2.75, 3.05) is 7.05 Å². The number of nitrogens with one attached hydrogen (secondary N) is 1. The Balaban J connectivity index is 2.07. The van der Waals surface area contributed by atoms with E-state index in [9.17, 15) is 0 Å². The third kappa shape index (κ3) is 2.08. The number of fused-ring (bicyclic) bond motifs is 1. The monoisotopic (exact) mass is 270 g/mol. The molecule has 1 N–H and O–H groups in total. The van der Waals surface area contributed by atoms with E-state index in [2.05, 4.69) is 33.5 Å². The molecule has 0 spiro atoms. The molecule has 104 valence electrons. The van der Waals surface area contributed by atoms with Crippen molar-refractivity contribution < 1.29 is 0 Å². The fraction of sp³-hybridized carbons (Fsp3) is 0.357. The molecule has 0 bridgehead atoms. The number of rotatable bonds is 5. The Bertz CT molecular complexity index is 698. The first kappa shape index (κ1) is 12.8. The third-order valence-corrected chi connectivity index (χ3v) is 3.43. The lowest BCUT2D eigenvalue weighted by atomic mass is 10.1. The van der Waals surface area contributed by atoms with Gasteiger partial charge in [-0.1, -0.05) is 6.92 Å². The van der Waals surface area contributed by atoms with E-state index in [1.807, 2.05) is 41.0 Å². The molecule has 6 nitrogen and oxygen atoms in total. The minimum Gasteiger partial charge on any atom is -0.308 e. The Hall–Kier alpha value is -2.21. The first-order valence-electron chi connectivity index (χ1n) is 6.81. The molecule has 20 heavy (non-hydrogen) atoms. The van der Waals surface area contributed by atoms with Crippen LogP contribution in [0.25, 0.3) is 5.52 Å². The second-order valence-corrected chi connectivity index (χ2v) is 4.71. The normalized spacial score (nSPS) is 12.9. The first-order chi connectivity index (χ1) is 9.85. The summed E-state index contributed by atoms with van der Waals surface area (Å²) in [5, 5.41) is 12.1. The van der Waals surface area contributed by atoms with Gasteiger partial charge in [0.15, 0.2) is 0 Å². The molecule has 0 saturated heterocycles. The number of hydrogen-bond acceptors (Lipinski definition) is 4. The Morgan fingerprint density at radius 1 is 1.25 bits per heavy atom. The maximum Gasteiger partial charge on any atom is 0.0896 e. The van der Waals surface area contributed by atoms with E-state index in [1.54, 1.807) is 6.20 Å². The zero-order valence-electron chi connectivity index (χ0n) is 11.7. The standard InChI is InChI=1S/C14H18N6/c1-3-7-19-12(4-5-17-19)14(15-2)11-9-18-20-8-6-16-10-13(11)20/h4-6,8-10,14-15H,3,7H2,1-2H3. The number of aromatic nitrogens is 5. The highest BCUT2D eigenvalue weighted by molar-refractivity contribution is 5.55. The molecule has 3 heterocycles. The third-order valence-electron chi connectivity index (χ3n) is 3.43. The molecule has 1 atom stereocenters. The molecule has 3 aromatic heterocycles. The largest absolute Gasteiger partial charge is 0.308 e. The van der Waals surface area contributed by atoms with Gasteiger partial charge in [-0.2, -0.15) is 10.2 Å². The van der Waals surface area contributed by atoms with E-state index in [0.717, 1.165) is 29.7 Å². The van der Waals surface area contributed by atoms with Crippen molar-refractivity contribution in [1.82, 2.24) is 29.7 Å². The van der Waals surface area contributed by atoms with Crippen LogP contribution in [-0.4, -0.2) is 31.4 Å². The van der Waals surface area contributed by atoms with Crippen LogP contribution < -0.4 is 5.32 Å². The van der Waals surface area contributed by atoms with Crippen molar-refractivity contribution in [3.63, 3.8) is 0 Å². The summed E-state index contributed by atoms with van der Waals surface area (Å²) < 4.78 is 3.88. The van der Waals surface area contributed by atoms with E-state index in [0.29, 0.717) is 0 Å². The predicted molar refractivity (Wildman–Crippen MR) is 76.4 cm³/mol. The SMILES string of the molecule is CCCn1nccc1C(NC)c1cnn2ccncc12. The summed E-state index contributed by atoms with van der Waals surface area (Å²) in [5.74, 6) is 0. The van der Waals surface area contributed by atoms with Gasteiger partial charge in [0, 0.05) is 30.7 Å². The highest BCUT2D eigenvalue weighted by Crippen LogP contribution is 2.25. The van der Waals surface area contributed by atoms with E-state index in [4.69, 9.17) is 0 Å². The van der Waals surface area contributed by atoms with Crippen LogP contribution in [0.5, 0.6) is 0 Å². The van der Waals surface area contributed by atoms with Crippen LogP contribution in [0.3, 0.4) is 0 Å². The lowest BCUT2D eigenvalue weighted by molar-refractivity contribution is 0.536. The van der Waals surface area contributed by atoms with Crippen molar-refractivity contribution in [2.45, 2.75) is 25.9 Å². The van der Waals surface area contributed by atoms with Gasteiger partial charge in [0.05, 0.1) is 29.6 Å². The molecular weight excluding hydrogens is 252 g/mol. The highest BCUT2D eigenvalue weighted by Gasteiger charge is 2.20. The average molecular weight is 270 g/mol. The van der Waals surface area contributed by atoms with E-state index < -0.39 is 0 Å². The number of aryl methyl sites for hydroxylation is 1. The molecule has 0 aliphatic heterocycles. The molecule has 3 rings (SSSR count). The lowest BCUT2D eigenvalue weighted by Crippen LogP contribution is -2.21. The summed E-state index contributed by atoms with van der Waals surface area (Å²) in [7, 11) is 1.95. The van der Waals surface area contributed by atoms with E-state index >= 15 is 0 Å². The van der Waals surface area contributed by atoms with Gasteiger partial charge in [0.1, 0.15) is 0 Å². The Kier molecular flexibility index (Phi) is 3.47. The topological polar surface area (TPSA) is 60.0 Å². The fourth-order valence-corrected chi connectivity index (χ4v) is 2.52. The van der Waals surface area contributed by atoms with Gasteiger partial charge >= 0.3 is 0 Å². The van der Waals surface area contributed by atoms with Gasteiger partial charge in [-0.15, -0.1) is 0 Å². The summed E-state index contributed by atoms with van der Waals surface area (Å²) >= 11 is 0. The van der Waals surface area contributed by atoms with Gasteiger partial charge in [-0.3, -0.25) is 9.67 Å². The van der Waals surface area contributed by atoms with Gasteiger partial charge in [-0.05, 0) is 19.5 Å². The van der Waals surface area contributed by atoms with Crippen LogP contribution in [0.15, 0.2) is 37.1 Å². The summed E-state index contributed by atoms with van der Waals surface area (Å²) in [4.78, 5) is 4.19. The number of nitrogens with zero attached hydrogens (tertiary/aromatic N) is 5. The van der Waals surface area contributed by atoms with Crippen molar-refractivity contribution in [1.29, 1.82) is 0 Å². The second-order valence-electron chi connectivity index (χ2n) is 4.71. The van der Waals surface area contributed by atoms with E-state index in [1.165, 1.54) is 0 Å². The molecule has 0 aromatic carbocycles. The van der Waals surface area contributed by atoms with Gasteiger partial charge in [0.25, 0.3) is 0 Å². The molecule has 1 unspecified atom stereocenters. The van der Waals surface area contributed by atoms with Crippen LogP contribution >= 0.6 is 0 Å². The fourth-order valence-electron chi connectivity index (χ4n) is 2.52. The Morgan fingerprint density at radius 3 is 2.95 bits per heavy atom. The molecule has 3 aromatic rings. The Labute approximate surface area is 117 Å². The van der Waals surface area contributed by atoms with Crippen LogP contribution in [0, 0.1) is 0 Å². The minimum absolute atomic E-state index is 0.0609. The van der Waals surface area contributed by atoms with Crippen LogP contribution in [0.2, 0.25) is 0 Å². The van der Waals surface area contributed by atoms with Crippen molar-refractivity contribution >= 4 is 5.52 Å². The quantitative estimate of drug-likeness (QED) is 0.765. The molecule has 0 radical (unpaired) electrons. The zero-order chi connectivity index (χ0) is 13.9. The molecule has 0 fully saturated rings. The summed E-state index contributed by atoms with van der Waals surface area (Å²) in [5.41, 5.74) is 3.27. The molecule has 6 heteroatoms. The van der Waals surface area contributed by atoms with Crippen molar-refractivity contribution in [3.05, 3.63) is 48.3 Å². The molecule has 0 amide bonds. The maximum absolute atomic E-state index is 4.40. The number of hydrogen-bond donors (Lipinski definition) is 1. The summed E-state index contributed by atoms with van der Waals surface area (Å²) in [6, 6.07) is 2.11. The van der Waals surface area contributed by atoms with E-state index in [-0.39, 0.29) is 6.04 Å². The van der Waals surface area contributed by atoms with Gasteiger partial charge < -0.3 is 5.32 Å². The summed E-state index contributed by atoms with van der Waals surface area (Å²) in [6.45, 7) is 3.07. The lowest BCUT2D eigenvalue weighted by Gasteiger charge is -2.17. The van der Waals surface area contributed by atoms with Crippen LogP contribution in [-0.2, 0) is 6.54 Å². The highest BCUT2D eigenvalue weighted by atomic mass is 15.3. The van der Waals surface area contributed by atoms with Crippen molar-refractivity contribution in [3.8, 4) is 0 Å². The molecule has 0 aliphatic carbocycles. The Morgan fingerprint density at radius 2 is 2.15 bits per heavy atom. The molecule has 0 aliphatic rings. The van der Waals surface area contributed by atoms with Gasteiger partial charge in [-0.25, -0.2) is 4.52 Å². The van der Waals surface area contributed by atoms with Crippen LogP contribution in [0.1, 0.15) is 30.6 Å². The maximum atomic E-state index is 4.40. The second kappa shape index (κ2) is 5.42. The first-order valence-corrected chi connectivity index (χ1v) is 6.81. The van der Waals surface area contributed by atoms with Crippen molar-refractivity contribution in [2.24, 2.45) is 0 Å². The molecule has 0 saturated carbocycles.